The predicted octanol–water partition coefficient (Wildman–Crippen LogP) is 4.28. The summed E-state index contributed by atoms with van der Waals surface area (Å²) in [5.74, 6) is 0. The molecule has 4 heterocycles. The molecular formula is C36H50N6O5. The standard InChI is InChI=1S/C36H50N6O5/c1-25-21-27(22-26(2)33(25)37)24-47-35(46)42-19-10-30(41-18-7-28-5-3-4-6-32(28)38-34(41)45)23-36(42,13-20-43)40-16-8-29(9-17-40)39-14-11-31(44)12-15-39/h3-6,20-22,29-31,44H,7-19,23-24,37H2,1-2H3,(H,38,45)/t30-,36+/m1/s1. The first-order chi connectivity index (χ1) is 22.7. The number of nitrogen functional groups attached to an aromatic ring is 1. The second-order valence-corrected chi connectivity index (χ2v) is 13.9. The summed E-state index contributed by atoms with van der Waals surface area (Å²) in [6.07, 6.45) is 5.59. The Morgan fingerprint density at radius 2 is 1.68 bits per heavy atom. The number of nitrogens with one attached hydrogen (secondary N) is 1. The number of urea groups is 1. The minimum atomic E-state index is -0.919. The number of benzene rings is 2. The highest BCUT2D eigenvalue weighted by Crippen LogP contribution is 2.40. The molecule has 3 fully saturated rings. The normalized spacial score (nSPS) is 25.2. The quantitative estimate of drug-likeness (QED) is 0.300. The molecule has 11 heteroatoms. The average Bonchev–Trinajstić information content (AvgIpc) is 3.24. The number of carbonyl (C=O) groups excluding carboxylic acids is 3. The van der Waals surface area contributed by atoms with Gasteiger partial charge in [0.15, 0.2) is 0 Å². The van der Waals surface area contributed by atoms with Crippen molar-refractivity contribution in [3.63, 3.8) is 0 Å². The third-order valence-electron chi connectivity index (χ3n) is 11.0. The van der Waals surface area contributed by atoms with Crippen LogP contribution in [0.5, 0.6) is 0 Å². The predicted molar refractivity (Wildman–Crippen MR) is 181 cm³/mol. The highest BCUT2D eigenvalue weighted by molar-refractivity contribution is 5.91. The summed E-state index contributed by atoms with van der Waals surface area (Å²) in [5.41, 5.74) is 10.7. The molecule has 0 aliphatic carbocycles. The Labute approximate surface area is 278 Å². The van der Waals surface area contributed by atoms with E-state index >= 15 is 0 Å². The number of aryl methyl sites for hydroxylation is 2. The number of amides is 3. The first-order valence-corrected chi connectivity index (χ1v) is 17.2. The highest BCUT2D eigenvalue weighted by atomic mass is 16.6. The Morgan fingerprint density at radius 3 is 2.38 bits per heavy atom. The molecule has 6 rings (SSSR count). The maximum Gasteiger partial charge on any atom is 0.411 e. The van der Waals surface area contributed by atoms with Crippen molar-refractivity contribution in [1.29, 1.82) is 0 Å². The number of carbonyl (C=O) groups is 3. The van der Waals surface area contributed by atoms with Crippen LogP contribution in [0, 0.1) is 13.8 Å². The molecular weight excluding hydrogens is 596 g/mol. The monoisotopic (exact) mass is 646 g/mol. The van der Waals surface area contributed by atoms with Gasteiger partial charge in [-0.3, -0.25) is 9.80 Å². The number of aliphatic hydroxyl groups is 1. The van der Waals surface area contributed by atoms with Crippen LogP contribution in [0.4, 0.5) is 21.0 Å². The van der Waals surface area contributed by atoms with Crippen LogP contribution < -0.4 is 11.1 Å². The van der Waals surface area contributed by atoms with E-state index < -0.39 is 11.8 Å². The fourth-order valence-electron chi connectivity index (χ4n) is 8.37. The molecule has 11 nitrogen and oxygen atoms in total. The zero-order valence-electron chi connectivity index (χ0n) is 27.8. The van der Waals surface area contributed by atoms with Gasteiger partial charge in [-0.25, -0.2) is 9.59 Å². The number of hydrogen-bond acceptors (Lipinski definition) is 8. The lowest BCUT2D eigenvalue weighted by atomic mass is 9.84. The summed E-state index contributed by atoms with van der Waals surface area (Å²) in [6.45, 7) is 8.16. The molecule has 4 aliphatic heterocycles. The van der Waals surface area contributed by atoms with Crippen LogP contribution in [0.3, 0.4) is 0 Å². The second-order valence-electron chi connectivity index (χ2n) is 13.9. The van der Waals surface area contributed by atoms with Gasteiger partial charge in [0, 0.05) is 75.6 Å². The highest BCUT2D eigenvalue weighted by Gasteiger charge is 2.52. The molecule has 0 radical (unpaired) electrons. The number of rotatable bonds is 7. The van der Waals surface area contributed by atoms with Gasteiger partial charge in [-0.05, 0) is 80.7 Å². The zero-order valence-corrected chi connectivity index (χ0v) is 27.8. The number of piperidine rings is 3. The van der Waals surface area contributed by atoms with E-state index in [2.05, 4.69) is 15.1 Å². The van der Waals surface area contributed by atoms with E-state index in [0.29, 0.717) is 32.0 Å². The summed E-state index contributed by atoms with van der Waals surface area (Å²) >= 11 is 0. The van der Waals surface area contributed by atoms with Gasteiger partial charge < -0.3 is 35.5 Å². The Hall–Kier alpha value is -3.67. The molecule has 47 heavy (non-hydrogen) atoms. The Kier molecular flexibility index (Phi) is 10.1. The van der Waals surface area contributed by atoms with E-state index in [1.807, 2.05) is 55.1 Å². The van der Waals surface area contributed by atoms with E-state index in [0.717, 1.165) is 98.2 Å². The number of nitrogens with zero attached hydrogens (tertiary/aromatic N) is 4. The van der Waals surface area contributed by atoms with E-state index in [1.165, 1.54) is 0 Å². The topological polar surface area (TPSA) is 132 Å². The van der Waals surface area contributed by atoms with Crippen molar-refractivity contribution in [2.45, 2.75) is 95.7 Å². The summed E-state index contributed by atoms with van der Waals surface area (Å²) in [7, 11) is 0. The van der Waals surface area contributed by atoms with Gasteiger partial charge in [0.2, 0.25) is 0 Å². The van der Waals surface area contributed by atoms with Gasteiger partial charge >= 0.3 is 12.1 Å². The molecule has 0 unspecified atom stereocenters. The Balaban J connectivity index is 1.24. The lowest BCUT2D eigenvalue weighted by molar-refractivity contribution is -0.128. The number of aldehydes is 1. The van der Waals surface area contributed by atoms with Crippen molar-refractivity contribution in [1.82, 2.24) is 19.6 Å². The van der Waals surface area contributed by atoms with Gasteiger partial charge in [-0.2, -0.15) is 0 Å². The molecule has 0 spiro atoms. The maximum atomic E-state index is 14.0. The van der Waals surface area contributed by atoms with Crippen LogP contribution in [0.15, 0.2) is 36.4 Å². The number of anilines is 2. The maximum absolute atomic E-state index is 14.0. The van der Waals surface area contributed by atoms with E-state index in [9.17, 15) is 19.5 Å². The molecule has 254 valence electrons. The van der Waals surface area contributed by atoms with Crippen LogP contribution in [0.1, 0.15) is 67.2 Å². The number of ether oxygens (including phenoxy) is 1. The zero-order chi connectivity index (χ0) is 33.1. The minimum absolute atomic E-state index is 0.105. The summed E-state index contributed by atoms with van der Waals surface area (Å²) in [5, 5.41) is 13.1. The minimum Gasteiger partial charge on any atom is -0.445 e. The van der Waals surface area contributed by atoms with Crippen molar-refractivity contribution >= 4 is 29.8 Å². The molecule has 2 atom stereocenters. The van der Waals surface area contributed by atoms with Crippen LogP contribution in [0.2, 0.25) is 0 Å². The number of nitrogens with two attached hydrogens (primary N) is 1. The fourth-order valence-corrected chi connectivity index (χ4v) is 8.37. The summed E-state index contributed by atoms with van der Waals surface area (Å²) < 4.78 is 5.98. The van der Waals surface area contributed by atoms with E-state index in [-0.39, 0.29) is 31.2 Å². The molecule has 3 saturated heterocycles. The van der Waals surface area contributed by atoms with Gasteiger partial charge in [-0.1, -0.05) is 30.3 Å². The van der Waals surface area contributed by atoms with Crippen molar-refractivity contribution in [2.24, 2.45) is 0 Å². The van der Waals surface area contributed by atoms with Gasteiger partial charge in [0.1, 0.15) is 18.6 Å². The van der Waals surface area contributed by atoms with Gasteiger partial charge in [-0.15, -0.1) is 0 Å². The third-order valence-corrected chi connectivity index (χ3v) is 11.0. The molecule has 4 aliphatic rings. The third kappa shape index (κ3) is 6.98. The second kappa shape index (κ2) is 14.2. The van der Waals surface area contributed by atoms with Gasteiger partial charge in [0.25, 0.3) is 0 Å². The number of likely N-dealkylation sites (tertiary alicyclic amines) is 3. The smallest absolute Gasteiger partial charge is 0.411 e. The van der Waals surface area contributed by atoms with Crippen LogP contribution >= 0.6 is 0 Å². The lowest BCUT2D eigenvalue weighted by Gasteiger charge is -2.57. The molecule has 2 aromatic carbocycles. The molecule has 0 aromatic heterocycles. The summed E-state index contributed by atoms with van der Waals surface area (Å²) in [4.78, 5) is 48.7. The SMILES string of the molecule is Cc1cc(COC(=O)N2CC[C@@H](N3CCc4ccccc4NC3=O)C[C@@]2(CC=O)N2CCC(N3CCC(O)CC3)CC2)cc(C)c1N. The van der Waals surface area contributed by atoms with Crippen molar-refractivity contribution in [3.05, 3.63) is 58.7 Å². The number of para-hydroxylation sites is 1. The van der Waals surface area contributed by atoms with Gasteiger partial charge in [0.05, 0.1) is 6.10 Å². The Morgan fingerprint density at radius 1 is 1.00 bits per heavy atom. The first-order valence-electron chi connectivity index (χ1n) is 17.2. The Bertz CT molecular complexity index is 1430. The largest absolute Gasteiger partial charge is 0.445 e. The van der Waals surface area contributed by atoms with E-state index in [1.54, 1.807) is 4.90 Å². The van der Waals surface area contributed by atoms with Crippen molar-refractivity contribution in [3.8, 4) is 0 Å². The molecule has 0 bridgehead atoms. The molecule has 4 N–H and O–H groups in total. The summed E-state index contributed by atoms with van der Waals surface area (Å²) in [6, 6.07) is 11.9. The van der Waals surface area contributed by atoms with Crippen molar-refractivity contribution in [2.75, 3.05) is 50.3 Å². The van der Waals surface area contributed by atoms with Crippen LogP contribution in [-0.2, 0) is 22.6 Å². The average molecular weight is 647 g/mol. The number of aliphatic hydroxyl groups excluding tert-OH is 1. The van der Waals surface area contributed by atoms with Crippen molar-refractivity contribution < 1.29 is 24.2 Å². The van der Waals surface area contributed by atoms with E-state index in [4.69, 9.17) is 10.5 Å². The molecule has 0 saturated carbocycles. The van der Waals surface area contributed by atoms with Crippen LogP contribution in [-0.4, -0.2) is 106 Å². The molecule has 2 aromatic rings. The van der Waals surface area contributed by atoms with Crippen LogP contribution in [0.25, 0.3) is 0 Å². The lowest BCUT2D eigenvalue weighted by Crippen LogP contribution is -2.70. The first kappa shape index (κ1) is 33.2. The fraction of sp³-hybridized carbons (Fsp3) is 0.583. The number of fused-ring (bicyclic) bond motifs is 1. The molecule has 3 amide bonds. The number of hydrogen-bond donors (Lipinski definition) is 3.